The van der Waals surface area contributed by atoms with Gasteiger partial charge in [0, 0.05) is 30.1 Å². The largest absolute Gasteiger partial charge is 0.344 e. The molecule has 1 aliphatic rings. The Balaban J connectivity index is 0.00000312. The number of rotatable bonds is 3. The molecule has 1 heterocycles. The van der Waals surface area contributed by atoms with E-state index in [0.29, 0.717) is 18.1 Å². The Kier molecular flexibility index (Phi) is 7.72. The first kappa shape index (κ1) is 21.7. The van der Waals surface area contributed by atoms with Crippen molar-refractivity contribution in [2.45, 2.75) is 39.8 Å². The number of carbonyl (C=O) groups is 2. The second-order valence-corrected chi connectivity index (χ2v) is 7.69. The third-order valence-electron chi connectivity index (χ3n) is 4.16. The zero-order valence-electron chi connectivity index (χ0n) is 15.1. The fraction of sp³-hybridized carbons (Fsp3) is 0.556. The van der Waals surface area contributed by atoms with Crippen LogP contribution in [0.25, 0.3) is 0 Å². The van der Waals surface area contributed by atoms with Crippen LogP contribution in [0.1, 0.15) is 39.3 Å². The molecule has 0 aliphatic carbocycles. The summed E-state index contributed by atoms with van der Waals surface area (Å²) in [4.78, 5) is 26.9. The number of hydrogen-bond acceptors (Lipinski definition) is 3. The monoisotopic (exact) mass is 387 g/mol. The minimum absolute atomic E-state index is 0. The summed E-state index contributed by atoms with van der Waals surface area (Å²) in [5.41, 5.74) is 0.474. The summed E-state index contributed by atoms with van der Waals surface area (Å²) >= 11 is 6.09. The van der Waals surface area contributed by atoms with Crippen molar-refractivity contribution >= 4 is 35.8 Å². The highest BCUT2D eigenvalue weighted by atomic mass is 35.5. The maximum atomic E-state index is 12.9. The van der Waals surface area contributed by atoms with Crippen LogP contribution in [0.3, 0.4) is 0 Å². The number of nitrogens with one attached hydrogen (secondary N) is 2. The van der Waals surface area contributed by atoms with Crippen molar-refractivity contribution in [2.24, 2.45) is 5.41 Å². The van der Waals surface area contributed by atoms with E-state index in [4.69, 9.17) is 11.6 Å². The molecule has 1 saturated heterocycles. The van der Waals surface area contributed by atoms with Crippen LogP contribution in [0, 0.1) is 5.41 Å². The summed E-state index contributed by atoms with van der Waals surface area (Å²) in [6, 6.07) is 6.93. The molecular weight excluding hydrogens is 361 g/mol. The van der Waals surface area contributed by atoms with E-state index < -0.39 is 11.5 Å². The van der Waals surface area contributed by atoms with Gasteiger partial charge in [-0.2, -0.15) is 0 Å². The molecule has 2 amide bonds. The van der Waals surface area contributed by atoms with Crippen molar-refractivity contribution in [1.82, 2.24) is 15.5 Å². The second-order valence-electron chi connectivity index (χ2n) is 7.25. The van der Waals surface area contributed by atoms with Crippen LogP contribution in [-0.2, 0) is 9.59 Å². The number of amides is 2. The van der Waals surface area contributed by atoms with E-state index in [2.05, 4.69) is 10.6 Å². The number of carbonyl (C=O) groups excluding carboxylic acids is 2. The Bertz CT molecular complexity index is 617. The third kappa shape index (κ3) is 5.59. The van der Waals surface area contributed by atoms with Gasteiger partial charge in [-0.25, -0.2) is 0 Å². The zero-order chi connectivity index (χ0) is 17.9. The molecule has 0 bridgehead atoms. The molecule has 0 radical (unpaired) electrons. The summed E-state index contributed by atoms with van der Waals surface area (Å²) in [5, 5.41) is 6.79. The first-order valence-electron chi connectivity index (χ1n) is 8.28. The predicted octanol–water partition coefficient (Wildman–Crippen LogP) is 2.79. The standard InChI is InChI=1S/C18H26ClN3O2.ClH/c1-12(21-17(24)18(2,3)4)16(23)22-9-8-20-11-15(22)13-6-5-7-14(19)10-13;/h5-7,10,12,15,20H,8-9,11H2,1-4H3,(H,21,24);1H. The lowest BCUT2D eigenvalue weighted by molar-refractivity contribution is -0.140. The molecule has 2 rings (SSSR count). The van der Waals surface area contributed by atoms with E-state index in [1.54, 1.807) is 6.92 Å². The van der Waals surface area contributed by atoms with Crippen molar-refractivity contribution in [1.29, 1.82) is 0 Å². The van der Waals surface area contributed by atoms with Gasteiger partial charge < -0.3 is 15.5 Å². The molecular formula is C18H27Cl2N3O2. The van der Waals surface area contributed by atoms with E-state index in [-0.39, 0.29) is 30.3 Å². The average Bonchev–Trinajstić information content (AvgIpc) is 2.53. The molecule has 140 valence electrons. The van der Waals surface area contributed by atoms with Crippen LogP contribution >= 0.6 is 24.0 Å². The Morgan fingerprint density at radius 2 is 2.04 bits per heavy atom. The molecule has 1 aliphatic heterocycles. The van der Waals surface area contributed by atoms with Gasteiger partial charge in [-0.3, -0.25) is 9.59 Å². The maximum Gasteiger partial charge on any atom is 0.245 e. The fourth-order valence-corrected chi connectivity index (χ4v) is 2.90. The lowest BCUT2D eigenvalue weighted by Crippen LogP contribution is -2.55. The van der Waals surface area contributed by atoms with Crippen LogP contribution in [0.4, 0.5) is 0 Å². The van der Waals surface area contributed by atoms with Crippen LogP contribution in [0.5, 0.6) is 0 Å². The van der Waals surface area contributed by atoms with E-state index in [1.807, 2.05) is 49.9 Å². The smallest absolute Gasteiger partial charge is 0.245 e. The molecule has 2 N–H and O–H groups in total. The van der Waals surface area contributed by atoms with E-state index >= 15 is 0 Å². The first-order valence-corrected chi connectivity index (χ1v) is 8.65. The molecule has 7 heteroatoms. The van der Waals surface area contributed by atoms with Crippen molar-refractivity contribution in [3.8, 4) is 0 Å². The number of nitrogens with zero attached hydrogens (tertiary/aromatic N) is 1. The summed E-state index contributed by atoms with van der Waals surface area (Å²) in [7, 11) is 0. The Morgan fingerprint density at radius 3 is 2.64 bits per heavy atom. The molecule has 2 atom stereocenters. The molecule has 0 spiro atoms. The predicted molar refractivity (Wildman–Crippen MR) is 103 cm³/mol. The topological polar surface area (TPSA) is 61.4 Å². The normalized spacial score (nSPS) is 18.9. The Morgan fingerprint density at radius 1 is 1.36 bits per heavy atom. The van der Waals surface area contributed by atoms with Gasteiger partial charge in [0.2, 0.25) is 11.8 Å². The van der Waals surface area contributed by atoms with E-state index in [9.17, 15) is 9.59 Å². The van der Waals surface area contributed by atoms with Gasteiger partial charge in [0.1, 0.15) is 6.04 Å². The number of hydrogen-bond donors (Lipinski definition) is 2. The van der Waals surface area contributed by atoms with Gasteiger partial charge >= 0.3 is 0 Å². The van der Waals surface area contributed by atoms with Crippen LogP contribution < -0.4 is 10.6 Å². The van der Waals surface area contributed by atoms with Crippen molar-refractivity contribution < 1.29 is 9.59 Å². The second kappa shape index (κ2) is 8.88. The van der Waals surface area contributed by atoms with Gasteiger partial charge in [-0.1, -0.05) is 44.5 Å². The minimum Gasteiger partial charge on any atom is -0.344 e. The molecule has 0 aromatic heterocycles. The summed E-state index contributed by atoms with van der Waals surface area (Å²) in [6.45, 7) is 9.25. The van der Waals surface area contributed by atoms with Crippen LogP contribution in [0.15, 0.2) is 24.3 Å². The summed E-state index contributed by atoms with van der Waals surface area (Å²) in [5.74, 6) is -0.197. The lowest BCUT2D eigenvalue weighted by Gasteiger charge is -2.38. The van der Waals surface area contributed by atoms with Crippen LogP contribution in [-0.4, -0.2) is 42.4 Å². The number of halogens is 2. The molecule has 2 unspecified atom stereocenters. The quantitative estimate of drug-likeness (QED) is 0.837. The van der Waals surface area contributed by atoms with Crippen molar-refractivity contribution in [3.05, 3.63) is 34.9 Å². The Labute approximate surface area is 160 Å². The Hall–Kier alpha value is -1.30. The zero-order valence-corrected chi connectivity index (χ0v) is 16.7. The molecule has 5 nitrogen and oxygen atoms in total. The first-order chi connectivity index (χ1) is 11.2. The van der Waals surface area contributed by atoms with E-state index in [0.717, 1.165) is 12.1 Å². The van der Waals surface area contributed by atoms with Gasteiger partial charge in [0.15, 0.2) is 0 Å². The molecule has 1 aromatic carbocycles. The minimum atomic E-state index is -0.559. The SMILES string of the molecule is CC(NC(=O)C(C)(C)C)C(=O)N1CCNCC1c1cccc(Cl)c1.Cl. The van der Waals surface area contributed by atoms with Gasteiger partial charge in [0.05, 0.1) is 6.04 Å². The van der Waals surface area contributed by atoms with Crippen molar-refractivity contribution in [2.75, 3.05) is 19.6 Å². The molecule has 1 aromatic rings. The van der Waals surface area contributed by atoms with E-state index in [1.165, 1.54) is 0 Å². The average molecular weight is 388 g/mol. The molecule has 25 heavy (non-hydrogen) atoms. The van der Waals surface area contributed by atoms with Crippen LogP contribution in [0.2, 0.25) is 5.02 Å². The van der Waals surface area contributed by atoms with Gasteiger partial charge in [-0.05, 0) is 24.6 Å². The van der Waals surface area contributed by atoms with Gasteiger partial charge in [-0.15, -0.1) is 12.4 Å². The fourth-order valence-electron chi connectivity index (χ4n) is 2.70. The number of piperazine rings is 1. The third-order valence-corrected chi connectivity index (χ3v) is 4.39. The maximum absolute atomic E-state index is 12.9. The van der Waals surface area contributed by atoms with Gasteiger partial charge in [0.25, 0.3) is 0 Å². The highest BCUT2D eigenvalue weighted by molar-refractivity contribution is 6.30. The lowest BCUT2D eigenvalue weighted by atomic mass is 9.95. The highest BCUT2D eigenvalue weighted by Gasteiger charge is 2.32. The number of benzene rings is 1. The summed E-state index contributed by atoms with van der Waals surface area (Å²) < 4.78 is 0. The molecule has 1 fully saturated rings. The summed E-state index contributed by atoms with van der Waals surface area (Å²) in [6.07, 6.45) is 0. The molecule has 0 saturated carbocycles. The van der Waals surface area contributed by atoms with Crippen molar-refractivity contribution in [3.63, 3.8) is 0 Å². The highest BCUT2D eigenvalue weighted by Crippen LogP contribution is 2.25.